The molecule has 15 heavy (non-hydrogen) atoms. The molecule has 2 rings (SSSR count). The lowest BCUT2D eigenvalue weighted by Crippen LogP contribution is -2.30. The third kappa shape index (κ3) is 2.30. The molecule has 1 fully saturated rings. The zero-order valence-corrected chi connectivity index (χ0v) is 8.81. The minimum Gasteiger partial charge on any atom is -0.384 e. The quantitative estimate of drug-likeness (QED) is 0.608. The fourth-order valence-electron chi connectivity index (χ4n) is 1.23. The van der Waals surface area contributed by atoms with Crippen molar-refractivity contribution in [1.82, 2.24) is 0 Å². The minimum absolute atomic E-state index is 0.113. The number of amidine groups is 1. The van der Waals surface area contributed by atoms with Gasteiger partial charge in [-0.2, -0.15) is 0 Å². The molecule has 0 saturated carbocycles. The number of nitrogens with one attached hydrogen (secondary N) is 1. The van der Waals surface area contributed by atoms with Crippen LogP contribution in [0.1, 0.15) is 5.56 Å². The van der Waals surface area contributed by atoms with Crippen LogP contribution in [-0.4, -0.2) is 24.3 Å². The molecule has 0 spiro atoms. The second-order valence-corrected chi connectivity index (χ2v) is 4.68. The first-order chi connectivity index (χ1) is 7.16. The lowest BCUT2D eigenvalue weighted by atomic mass is 10.2. The molecule has 1 aliphatic rings. The molecule has 0 amide bonds. The first-order valence-electron chi connectivity index (χ1n) is 4.55. The summed E-state index contributed by atoms with van der Waals surface area (Å²) in [5, 5.41) is 7.53. The van der Waals surface area contributed by atoms with E-state index >= 15 is 0 Å². The van der Waals surface area contributed by atoms with Gasteiger partial charge >= 0.3 is 0 Å². The highest BCUT2D eigenvalue weighted by Gasteiger charge is 2.21. The van der Waals surface area contributed by atoms with Gasteiger partial charge in [-0.25, -0.2) is 4.39 Å². The van der Waals surface area contributed by atoms with Gasteiger partial charge in [0, 0.05) is 10.5 Å². The normalized spacial score (nSPS) is 16.1. The predicted octanol–water partition coefficient (Wildman–Crippen LogP) is 1.60. The van der Waals surface area contributed by atoms with Crippen LogP contribution < -0.4 is 5.73 Å². The van der Waals surface area contributed by atoms with E-state index in [0.29, 0.717) is 28.9 Å². The highest BCUT2D eigenvalue weighted by Crippen LogP contribution is 2.30. The maximum absolute atomic E-state index is 13.5. The Morgan fingerprint density at radius 3 is 2.73 bits per heavy atom. The SMILES string of the molecule is N=C(N)c1ccc(SC2COC2)c(F)c1. The van der Waals surface area contributed by atoms with Gasteiger partial charge in [-0.3, -0.25) is 5.41 Å². The van der Waals surface area contributed by atoms with Gasteiger partial charge in [-0.1, -0.05) is 0 Å². The Bertz CT molecular complexity index is 393. The zero-order chi connectivity index (χ0) is 10.8. The summed E-state index contributed by atoms with van der Waals surface area (Å²) in [5.41, 5.74) is 5.68. The standard InChI is InChI=1S/C10H11FN2OS/c11-8-3-6(10(12)13)1-2-9(8)15-7-4-14-5-7/h1-3,7H,4-5H2,(H3,12,13). The Labute approximate surface area is 91.3 Å². The smallest absolute Gasteiger partial charge is 0.137 e. The van der Waals surface area contributed by atoms with Crippen molar-refractivity contribution in [3.05, 3.63) is 29.6 Å². The van der Waals surface area contributed by atoms with Gasteiger partial charge in [-0.15, -0.1) is 11.8 Å². The Kier molecular flexibility index (Phi) is 2.93. The highest BCUT2D eigenvalue weighted by molar-refractivity contribution is 8.00. The summed E-state index contributed by atoms with van der Waals surface area (Å²) < 4.78 is 18.5. The fraction of sp³-hybridized carbons (Fsp3) is 0.300. The van der Waals surface area contributed by atoms with E-state index in [9.17, 15) is 4.39 Å². The van der Waals surface area contributed by atoms with Gasteiger partial charge in [-0.05, 0) is 18.2 Å². The summed E-state index contributed by atoms with van der Waals surface area (Å²) in [4.78, 5) is 0.591. The van der Waals surface area contributed by atoms with E-state index in [2.05, 4.69) is 0 Å². The van der Waals surface area contributed by atoms with Gasteiger partial charge < -0.3 is 10.5 Å². The molecular formula is C10H11FN2OS. The van der Waals surface area contributed by atoms with E-state index in [4.69, 9.17) is 15.9 Å². The summed E-state index contributed by atoms with van der Waals surface area (Å²) in [7, 11) is 0. The summed E-state index contributed by atoms with van der Waals surface area (Å²) in [6.07, 6.45) is 0. The number of halogens is 1. The van der Waals surface area contributed by atoms with E-state index in [1.54, 1.807) is 12.1 Å². The van der Waals surface area contributed by atoms with Gasteiger partial charge in [0.2, 0.25) is 0 Å². The van der Waals surface area contributed by atoms with E-state index in [-0.39, 0.29) is 11.7 Å². The van der Waals surface area contributed by atoms with Crippen LogP contribution in [0.3, 0.4) is 0 Å². The lowest BCUT2D eigenvalue weighted by Gasteiger charge is -2.25. The van der Waals surface area contributed by atoms with E-state index < -0.39 is 0 Å². The maximum Gasteiger partial charge on any atom is 0.137 e. The molecule has 80 valence electrons. The van der Waals surface area contributed by atoms with Crippen molar-refractivity contribution < 1.29 is 9.13 Å². The van der Waals surface area contributed by atoms with Crippen molar-refractivity contribution in [3.63, 3.8) is 0 Å². The molecule has 1 heterocycles. The van der Waals surface area contributed by atoms with Crippen LogP contribution in [0.4, 0.5) is 4.39 Å². The summed E-state index contributed by atoms with van der Waals surface area (Å²) in [6.45, 7) is 1.36. The zero-order valence-electron chi connectivity index (χ0n) is 8.00. The van der Waals surface area contributed by atoms with Crippen LogP contribution >= 0.6 is 11.8 Å². The number of hydrogen-bond acceptors (Lipinski definition) is 3. The molecule has 1 aromatic rings. The number of nitrogen functional groups attached to an aromatic ring is 1. The summed E-state index contributed by atoms with van der Waals surface area (Å²) >= 11 is 1.47. The number of hydrogen-bond donors (Lipinski definition) is 2. The largest absolute Gasteiger partial charge is 0.384 e. The molecule has 0 unspecified atom stereocenters. The Balaban J connectivity index is 2.14. The second-order valence-electron chi connectivity index (χ2n) is 3.34. The lowest BCUT2D eigenvalue weighted by molar-refractivity contribution is 0.0455. The number of rotatable bonds is 3. The Hall–Kier alpha value is -1.07. The predicted molar refractivity (Wildman–Crippen MR) is 57.9 cm³/mol. The molecule has 0 atom stereocenters. The first kappa shape index (κ1) is 10.4. The van der Waals surface area contributed by atoms with Crippen molar-refractivity contribution in [2.45, 2.75) is 10.1 Å². The van der Waals surface area contributed by atoms with E-state index in [1.165, 1.54) is 17.8 Å². The Morgan fingerprint density at radius 2 is 2.27 bits per heavy atom. The fourth-order valence-corrected chi connectivity index (χ4v) is 2.23. The highest BCUT2D eigenvalue weighted by atomic mass is 32.2. The average molecular weight is 226 g/mol. The molecule has 0 aliphatic carbocycles. The van der Waals surface area contributed by atoms with Crippen LogP contribution in [-0.2, 0) is 4.74 Å². The van der Waals surface area contributed by atoms with Crippen molar-refractivity contribution in [1.29, 1.82) is 5.41 Å². The summed E-state index contributed by atoms with van der Waals surface area (Å²) in [6, 6.07) is 4.62. The number of thioether (sulfide) groups is 1. The molecule has 0 bridgehead atoms. The molecular weight excluding hydrogens is 215 g/mol. The van der Waals surface area contributed by atoms with Gasteiger partial charge in [0.1, 0.15) is 11.7 Å². The minimum atomic E-state index is -0.320. The molecule has 1 aromatic carbocycles. The Morgan fingerprint density at radius 1 is 1.53 bits per heavy atom. The third-order valence-corrected chi connectivity index (χ3v) is 3.33. The van der Waals surface area contributed by atoms with Crippen molar-refractivity contribution in [2.75, 3.05) is 13.2 Å². The number of benzene rings is 1. The number of ether oxygens (including phenoxy) is 1. The van der Waals surface area contributed by atoms with Gasteiger partial charge in [0.25, 0.3) is 0 Å². The van der Waals surface area contributed by atoms with Gasteiger partial charge in [0.05, 0.1) is 18.5 Å². The van der Waals surface area contributed by atoms with Gasteiger partial charge in [0.15, 0.2) is 0 Å². The number of nitrogens with two attached hydrogens (primary N) is 1. The maximum atomic E-state index is 13.5. The van der Waals surface area contributed by atoms with Crippen LogP contribution in [0, 0.1) is 11.2 Å². The second kappa shape index (κ2) is 4.20. The summed E-state index contributed by atoms with van der Waals surface area (Å²) in [5.74, 6) is -0.433. The van der Waals surface area contributed by atoms with Crippen molar-refractivity contribution in [2.24, 2.45) is 5.73 Å². The van der Waals surface area contributed by atoms with Crippen LogP contribution in [0.5, 0.6) is 0 Å². The van der Waals surface area contributed by atoms with E-state index in [1.807, 2.05) is 0 Å². The monoisotopic (exact) mass is 226 g/mol. The van der Waals surface area contributed by atoms with Crippen LogP contribution in [0.2, 0.25) is 0 Å². The molecule has 1 aliphatic heterocycles. The molecule has 3 nitrogen and oxygen atoms in total. The molecule has 1 saturated heterocycles. The van der Waals surface area contributed by atoms with Crippen molar-refractivity contribution in [3.8, 4) is 0 Å². The molecule has 5 heteroatoms. The first-order valence-corrected chi connectivity index (χ1v) is 5.43. The van der Waals surface area contributed by atoms with E-state index in [0.717, 1.165) is 0 Å². The van der Waals surface area contributed by atoms with Crippen molar-refractivity contribution >= 4 is 17.6 Å². The van der Waals surface area contributed by atoms with Crippen LogP contribution in [0.15, 0.2) is 23.1 Å². The van der Waals surface area contributed by atoms with Crippen LogP contribution in [0.25, 0.3) is 0 Å². The molecule has 0 radical (unpaired) electrons. The third-order valence-electron chi connectivity index (χ3n) is 2.14. The molecule has 3 N–H and O–H groups in total. The average Bonchev–Trinajstić information content (AvgIpc) is 2.12. The molecule has 0 aromatic heterocycles. The topological polar surface area (TPSA) is 59.1 Å².